The normalized spacial score (nSPS) is 11.6. The summed E-state index contributed by atoms with van der Waals surface area (Å²) in [5.74, 6) is 0.823. The highest BCUT2D eigenvalue weighted by molar-refractivity contribution is 9.10. The highest BCUT2D eigenvalue weighted by atomic mass is 79.9. The molecule has 0 amide bonds. The Hall–Kier alpha value is -2.72. The van der Waals surface area contributed by atoms with Crippen LogP contribution >= 0.6 is 15.9 Å². The Morgan fingerprint density at radius 3 is 2.47 bits per heavy atom. The average molecular weight is 481 g/mol. The summed E-state index contributed by atoms with van der Waals surface area (Å²) in [5.41, 5.74) is 0.962. The quantitative estimate of drug-likeness (QED) is 0.493. The molecule has 0 aliphatic heterocycles. The van der Waals surface area contributed by atoms with Gasteiger partial charge >= 0.3 is 6.18 Å². The van der Waals surface area contributed by atoms with E-state index in [2.05, 4.69) is 41.5 Å². The Bertz CT molecular complexity index is 996. The van der Waals surface area contributed by atoms with Crippen LogP contribution < -0.4 is 10.6 Å². The smallest absolute Gasteiger partial charge is 0.353 e. The number of hydrogen-bond donors (Lipinski definition) is 2. The summed E-state index contributed by atoms with van der Waals surface area (Å²) in [4.78, 5) is 15.3. The lowest BCUT2D eigenvalue weighted by molar-refractivity contribution is -0.137. The average Bonchev–Trinajstić information content (AvgIpc) is 2.69. The Labute approximate surface area is 180 Å². The van der Waals surface area contributed by atoms with Gasteiger partial charge in [-0.2, -0.15) is 18.2 Å². The van der Waals surface area contributed by atoms with Crippen LogP contribution in [0.4, 0.5) is 30.6 Å². The van der Waals surface area contributed by atoms with Crippen molar-refractivity contribution < 1.29 is 13.2 Å². The third-order valence-electron chi connectivity index (χ3n) is 4.05. The molecule has 0 aliphatic carbocycles. The molecule has 0 saturated heterocycles. The minimum Gasteiger partial charge on any atom is -0.353 e. The van der Waals surface area contributed by atoms with Crippen LogP contribution in [0, 0.1) is 0 Å². The van der Waals surface area contributed by atoms with E-state index in [1.807, 2.05) is 31.1 Å². The maximum atomic E-state index is 12.9. The molecule has 30 heavy (non-hydrogen) atoms. The lowest BCUT2D eigenvalue weighted by Crippen LogP contribution is -2.21. The fraction of sp³-hybridized carbons (Fsp3) is 0.250. The van der Waals surface area contributed by atoms with E-state index in [-0.39, 0.29) is 4.47 Å². The number of nitrogens with one attached hydrogen (secondary N) is 2. The van der Waals surface area contributed by atoms with E-state index in [1.54, 1.807) is 18.3 Å². The zero-order valence-corrected chi connectivity index (χ0v) is 17.9. The van der Waals surface area contributed by atoms with Gasteiger partial charge in [-0.05, 0) is 60.4 Å². The first-order valence-electron chi connectivity index (χ1n) is 9.05. The van der Waals surface area contributed by atoms with Crippen molar-refractivity contribution in [2.45, 2.75) is 6.18 Å². The molecule has 1 aromatic carbocycles. The van der Waals surface area contributed by atoms with Gasteiger partial charge in [0.15, 0.2) is 0 Å². The summed E-state index contributed by atoms with van der Waals surface area (Å²) in [7, 11) is 3.92. The molecule has 2 heterocycles. The number of pyridine rings is 1. The van der Waals surface area contributed by atoms with Gasteiger partial charge in [0.25, 0.3) is 0 Å². The molecule has 3 aromatic rings. The minimum absolute atomic E-state index is 0.275. The largest absolute Gasteiger partial charge is 0.416 e. The molecule has 0 saturated carbocycles. The standard InChI is InChI=1S/C20H20BrF3N6/c1-30(2)10-9-26-19-28-17(16-5-3-4-8-25-16)12-18(29-19)27-15-7-6-13(11-14(15)21)20(22,23)24/h3-8,11-12H,9-10H2,1-2H3,(H2,26,27,28,29). The second-order valence-corrected chi connectivity index (χ2v) is 7.58. The summed E-state index contributed by atoms with van der Waals surface area (Å²) in [6.07, 6.45) is -2.75. The molecular weight excluding hydrogens is 461 g/mol. The number of hydrogen-bond acceptors (Lipinski definition) is 6. The Kier molecular flexibility index (Phi) is 6.88. The number of nitrogens with zero attached hydrogens (tertiary/aromatic N) is 4. The number of likely N-dealkylation sites (N-methyl/N-ethyl adjacent to an activating group) is 1. The highest BCUT2D eigenvalue weighted by Crippen LogP contribution is 2.35. The van der Waals surface area contributed by atoms with Crippen LogP contribution in [0.25, 0.3) is 11.4 Å². The maximum Gasteiger partial charge on any atom is 0.416 e. The number of anilines is 3. The summed E-state index contributed by atoms with van der Waals surface area (Å²) < 4.78 is 39.0. The van der Waals surface area contributed by atoms with Crippen molar-refractivity contribution in [1.82, 2.24) is 19.9 Å². The van der Waals surface area contributed by atoms with E-state index in [1.165, 1.54) is 6.07 Å². The molecule has 0 radical (unpaired) electrons. The molecule has 2 N–H and O–H groups in total. The Balaban J connectivity index is 1.91. The molecule has 0 fully saturated rings. The van der Waals surface area contributed by atoms with Gasteiger partial charge in [-0.1, -0.05) is 6.07 Å². The van der Waals surface area contributed by atoms with Crippen LogP contribution in [-0.2, 0) is 6.18 Å². The molecule has 158 valence electrons. The van der Waals surface area contributed by atoms with E-state index >= 15 is 0 Å². The second kappa shape index (κ2) is 9.40. The van der Waals surface area contributed by atoms with Gasteiger partial charge in [0.05, 0.1) is 22.6 Å². The predicted molar refractivity (Wildman–Crippen MR) is 115 cm³/mol. The first-order chi connectivity index (χ1) is 14.2. The van der Waals surface area contributed by atoms with Crippen molar-refractivity contribution in [3.8, 4) is 11.4 Å². The molecule has 0 spiro atoms. The summed E-state index contributed by atoms with van der Waals surface area (Å²) >= 11 is 3.20. The van der Waals surface area contributed by atoms with Crippen LogP contribution in [0.3, 0.4) is 0 Å². The topological polar surface area (TPSA) is 66.0 Å². The van der Waals surface area contributed by atoms with Crippen LogP contribution in [0.1, 0.15) is 5.56 Å². The number of halogens is 4. The van der Waals surface area contributed by atoms with E-state index in [9.17, 15) is 13.2 Å². The molecule has 2 aromatic heterocycles. The van der Waals surface area contributed by atoms with Gasteiger partial charge in [-0.15, -0.1) is 0 Å². The van der Waals surface area contributed by atoms with Crippen molar-refractivity contribution in [3.63, 3.8) is 0 Å². The van der Waals surface area contributed by atoms with Crippen molar-refractivity contribution >= 4 is 33.4 Å². The highest BCUT2D eigenvalue weighted by Gasteiger charge is 2.30. The molecule has 0 aliphatic rings. The molecule has 0 bridgehead atoms. The van der Waals surface area contributed by atoms with Gasteiger partial charge in [0.1, 0.15) is 5.82 Å². The SMILES string of the molecule is CN(C)CCNc1nc(Nc2ccc(C(F)(F)F)cc2Br)cc(-c2ccccn2)n1. The van der Waals surface area contributed by atoms with Crippen LogP contribution in [0.15, 0.2) is 53.1 Å². The van der Waals surface area contributed by atoms with Crippen molar-refractivity contribution in [3.05, 3.63) is 58.7 Å². The zero-order chi connectivity index (χ0) is 21.7. The fourth-order valence-corrected chi connectivity index (χ4v) is 3.04. The molecule has 6 nitrogen and oxygen atoms in total. The summed E-state index contributed by atoms with van der Waals surface area (Å²) in [6.45, 7) is 1.41. The fourth-order valence-electron chi connectivity index (χ4n) is 2.56. The number of rotatable bonds is 7. The van der Waals surface area contributed by atoms with Gasteiger partial charge in [-0.25, -0.2) is 4.98 Å². The monoisotopic (exact) mass is 480 g/mol. The Morgan fingerprint density at radius 2 is 1.83 bits per heavy atom. The summed E-state index contributed by atoms with van der Waals surface area (Å²) in [6, 6.07) is 10.6. The van der Waals surface area contributed by atoms with Crippen molar-refractivity contribution in [2.75, 3.05) is 37.8 Å². The maximum absolute atomic E-state index is 12.9. The molecule has 10 heteroatoms. The molecule has 0 atom stereocenters. The number of aromatic nitrogens is 3. The summed E-state index contributed by atoms with van der Waals surface area (Å²) in [5, 5.41) is 6.22. The van der Waals surface area contributed by atoms with E-state index < -0.39 is 11.7 Å². The van der Waals surface area contributed by atoms with Crippen molar-refractivity contribution in [2.24, 2.45) is 0 Å². The van der Waals surface area contributed by atoms with E-state index in [0.29, 0.717) is 35.4 Å². The number of benzene rings is 1. The molecule has 0 unspecified atom stereocenters. The van der Waals surface area contributed by atoms with Gasteiger partial charge in [-0.3, -0.25) is 4.98 Å². The lowest BCUT2D eigenvalue weighted by atomic mass is 10.2. The molecular formula is C20H20BrF3N6. The van der Waals surface area contributed by atoms with Crippen LogP contribution in [0.5, 0.6) is 0 Å². The zero-order valence-electron chi connectivity index (χ0n) is 16.3. The van der Waals surface area contributed by atoms with Crippen LogP contribution in [0.2, 0.25) is 0 Å². The number of alkyl halides is 3. The lowest BCUT2D eigenvalue weighted by Gasteiger charge is -2.14. The van der Waals surface area contributed by atoms with Gasteiger partial charge < -0.3 is 15.5 Å². The Morgan fingerprint density at radius 1 is 1.03 bits per heavy atom. The van der Waals surface area contributed by atoms with Gasteiger partial charge in [0, 0.05) is 29.8 Å². The predicted octanol–water partition coefficient (Wildman–Crippen LogP) is 5.04. The third kappa shape index (κ3) is 5.90. The third-order valence-corrected chi connectivity index (χ3v) is 4.71. The first-order valence-corrected chi connectivity index (χ1v) is 9.84. The minimum atomic E-state index is -4.41. The van der Waals surface area contributed by atoms with Crippen molar-refractivity contribution in [1.29, 1.82) is 0 Å². The van der Waals surface area contributed by atoms with E-state index in [0.717, 1.165) is 18.7 Å². The second-order valence-electron chi connectivity index (χ2n) is 6.72. The molecule has 3 rings (SSSR count). The van der Waals surface area contributed by atoms with Crippen LogP contribution in [-0.4, -0.2) is 47.0 Å². The van der Waals surface area contributed by atoms with E-state index in [4.69, 9.17) is 0 Å². The van der Waals surface area contributed by atoms with Gasteiger partial charge in [0.2, 0.25) is 5.95 Å². The first kappa shape index (κ1) is 22.0.